The van der Waals surface area contributed by atoms with Gasteiger partial charge in [-0.05, 0) is 30.7 Å². The van der Waals surface area contributed by atoms with Gasteiger partial charge in [-0.1, -0.05) is 17.7 Å². The monoisotopic (exact) mass is 276 g/mol. The van der Waals surface area contributed by atoms with Crippen LogP contribution in [0.25, 0.3) is 0 Å². The van der Waals surface area contributed by atoms with Crippen LogP contribution < -0.4 is 10.1 Å². The second kappa shape index (κ2) is 5.71. The molecule has 1 amide bonds. The first kappa shape index (κ1) is 13.4. The van der Waals surface area contributed by atoms with E-state index in [0.717, 1.165) is 5.56 Å². The summed E-state index contributed by atoms with van der Waals surface area (Å²) in [5.41, 5.74) is 1.98. The molecular formula is C14H13ClN2O2. The largest absolute Gasteiger partial charge is 0.481 e. The van der Waals surface area contributed by atoms with Gasteiger partial charge in [0.15, 0.2) is 0 Å². The molecule has 0 fully saturated rings. The molecule has 0 aliphatic carbocycles. The maximum Gasteiger partial charge on any atom is 0.257 e. The average Bonchev–Trinajstić information content (AvgIpc) is 2.44. The van der Waals surface area contributed by atoms with Crippen LogP contribution in [0.15, 0.2) is 36.5 Å². The summed E-state index contributed by atoms with van der Waals surface area (Å²) in [7, 11) is 1.53. The van der Waals surface area contributed by atoms with Crippen molar-refractivity contribution in [1.29, 1.82) is 0 Å². The van der Waals surface area contributed by atoms with E-state index in [1.54, 1.807) is 30.3 Å². The van der Waals surface area contributed by atoms with Crippen molar-refractivity contribution in [3.05, 3.63) is 52.7 Å². The zero-order valence-electron chi connectivity index (χ0n) is 10.6. The molecule has 1 N–H and O–H groups in total. The molecule has 0 unspecified atom stereocenters. The Kier molecular flexibility index (Phi) is 4.02. The number of nitrogens with one attached hydrogen (secondary N) is 1. The molecule has 0 atom stereocenters. The van der Waals surface area contributed by atoms with Crippen LogP contribution in [0.4, 0.5) is 5.69 Å². The van der Waals surface area contributed by atoms with Crippen LogP contribution in [-0.2, 0) is 0 Å². The molecule has 0 aliphatic heterocycles. The fourth-order valence-electron chi connectivity index (χ4n) is 1.57. The van der Waals surface area contributed by atoms with Crippen molar-refractivity contribution in [2.45, 2.75) is 6.92 Å². The average molecular weight is 277 g/mol. The number of amides is 1. The van der Waals surface area contributed by atoms with E-state index in [9.17, 15) is 4.79 Å². The van der Waals surface area contributed by atoms with Crippen molar-refractivity contribution in [1.82, 2.24) is 4.98 Å². The Morgan fingerprint density at radius 2 is 2.11 bits per heavy atom. The molecule has 0 bridgehead atoms. The summed E-state index contributed by atoms with van der Waals surface area (Å²) in [6.07, 6.45) is 1.47. The Hall–Kier alpha value is -2.07. The molecule has 2 aromatic rings. The van der Waals surface area contributed by atoms with Gasteiger partial charge in [0.25, 0.3) is 5.91 Å². The molecule has 0 saturated heterocycles. The lowest BCUT2D eigenvalue weighted by Gasteiger charge is -2.09. The van der Waals surface area contributed by atoms with Crippen LogP contribution in [0, 0.1) is 6.92 Å². The molecular weight excluding hydrogens is 264 g/mol. The molecule has 19 heavy (non-hydrogen) atoms. The van der Waals surface area contributed by atoms with Gasteiger partial charge in [-0.15, -0.1) is 0 Å². The number of benzene rings is 1. The smallest absolute Gasteiger partial charge is 0.257 e. The zero-order chi connectivity index (χ0) is 13.8. The van der Waals surface area contributed by atoms with Crippen molar-refractivity contribution in [3.63, 3.8) is 0 Å². The van der Waals surface area contributed by atoms with Crippen molar-refractivity contribution >= 4 is 23.2 Å². The Bertz CT molecular complexity index is 597. The van der Waals surface area contributed by atoms with Gasteiger partial charge in [-0.25, -0.2) is 4.98 Å². The van der Waals surface area contributed by atoms with Gasteiger partial charge in [0.1, 0.15) is 0 Å². The zero-order valence-corrected chi connectivity index (χ0v) is 11.4. The number of carbonyl (C=O) groups is 1. The molecule has 1 aromatic heterocycles. The van der Waals surface area contributed by atoms with Gasteiger partial charge in [0.2, 0.25) is 5.88 Å². The van der Waals surface area contributed by atoms with Gasteiger partial charge < -0.3 is 10.1 Å². The van der Waals surface area contributed by atoms with Gasteiger partial charge in [-0.3, -0.25) is 4.79 Å². The third-order valence-corrected chi connectivity index (χ3v) is 3.13. The minimum absolute atomic E-state index is 0.236. The summed E-state index contributed by atoms with van der Waals surface area (Å²) < 4.78 is 4.94. The number of hydrogen-bond acceptors (Lipinski definition) is 3. The summed E-state index contributed by atoms with van der Waals surface area (Å²) >= 11 is 6.00. The highest BCUT2D eigenvalue weighted by atomic mass is 35.5. The number of anilines is 1. The van der Waals surface area contributed by atoms with Crippen molar-refractivity contribution in [2.24, 2.45) is 0 Å². The molecule has 98 valence electrons. The highest BCUT2D eigenvalue weighted by molar-refractivity contribution is 6.31. The van der Waals surface area contributed by atoms with E-state index in [2.05, 4.69) is 10.3 Å². The number of aromatic nitrogens is 1. The van der Waals surface area contributed by atoms with E-state index in [0.29, 0.717) is 22.2 Å². The van der Waals surface area contributed by atoms with E-state index in [1.807, 2.05) is 6.92 Å². The van der Waals surface area contributed by atoms with Crippen LogP contribution in [0.3, 0.4) is 0 Å². The fourth-order valence-corrected chi connectivity index (χ4v) is 1.75. The normalized spacial score (nSPS) is 10.1. The summed E-state index contributed by atoms with van der Waals surface area (Å²) in [5, 5.41) is 3.42. The van der Waals surface area contributed by atoms with Crippen molar-refractivity contribution in [2.75, 3.05) is 12.4 Å². The minimum Gasteiger partial charge on any atom is -0.481 e. The lowest BCUT2D eigenvalue weighted by atomic mass is 10.2. The molecule has 5 heteroatoms. The number of hydrogen-bond donors (Lipinski definition) is 1. The summed E-state index contributed by atoms with van der Waals surface area (Å²) in [6, 6.07) is 8.66. The maximum atomic E-state index is 12.0. The number of pyridine rings is 1. The Balaban J connectivity index is 2.18. The quantitative estimate of drug-likeness (QED) is 0.936. The van der Waals surface area contributed by atoms with Gasteiger partial charge in [0.05, 0.1) is 12.7 Å². The topological polar surface area (TPSA) is 51.2 Å². The second-order valence-corrected chi connectivity index (χ2v) is 4.36. The number of ether oxygens (including phenoxy) is 1. The Morgan fingerprint density at radius 3 is 2.74 bits per heavy atom. The molecule has 0 saturated carbocycles. The Morgan fingerprint density at radius 1 is 1.32 bits per heavy atom. The van der Waals surface area contributed by atoms with E-state index in [1.165, 1.54) is 13.3 Å². The fraction of sp³-hybridized carbons (Fsp3) is 0.143. The van der Waals surface area contributed by atoms with Crippen LogP contribution in [-0.4, -0.2) is 18.0 Å². The number of carbonyl (C=O) groups excluding carboxylic acids is 1. The molecule has 4 nitrogen and oxygen atoms in total. The molecule has 0 aliphatic rings. The van der Waals surface area contributed by atoms with Crippen molar-refractivity contribution < 1.29 is 9.53 Å². The van der Waals surface area contributed by atoms with Crippen LogP contribution >= 0.6 is 11.6 Å². The molecule has 1 heterocycles. The van der Waals surface area contributed by atoms with Crippen LogP contribution in [0.2, 0.25) is 5.02 Å². The third-order valence-electron chi connectivity index (χ3n) is 2.72. The SMILES string of the molecule is COc1ccc(C(=O)Nc2cccc(Cl)c2C)cn1. The summed E-state index contributed by atoms with van der Waals surface area (Å²) in [6.45, 7) is 1.85. The number of nitrogens with zero attached hydrogens (tertiary/aromatic N) is 1. The molecule has 0 radical (unpaired) electrons. The van der Waals surface area contributed by atoms with E-state index < -0.39 is 0 Å². The highest BCUT2D eigenvalue weighted by Gasteiger charge is 2.09. The first-order chi connectivity index (χ1) is 9.11. The summed E-state index contributed by atoms with van der Waals surface area (Å²) in [4.78, 5) is 16.0. The standard InChI is InChI=1S/C14H13ClN2O2/c1-9-11(15)4-3-5-12(9)17-14(18)10-6-7-13(19-2)16-8-10/h3-8H,1-2H3,(H,17,18). The first-order valence-electron chi connectivity index (χ1n) is 5.68. The van der Waals surface area contributed by atoms with Gasteiger partial charge in [0, 0.05) is 23.0 Å². The van der Waals surface area contributed by atoms with Gasteiger partial charge >= 0.3 is 0 Å². The Labute approximate surface area is 116 Å². The molecule has 2 rings (SSSR count). The molecule has 1 aromatic carbocycles. The second-order valence-electron chi connectivity index (χ2n) is 3.96. The number of methoxy groups -OCH3 is 1. The highest BCUT2D eigenvalue weighted by Crippen LogP contribution is 2.23. The minimum atomic E-state index is -0.236. The van der Waals surface area contributed by atoms with E-state index in [-0.39, 0.29) is 5.91 Å². The molecule has 0 spiro atoms. The lowest BCUT2D eigenvalue weighted by molar-refractivity contribution is 0.102. The van der Waals surface area contributed by atoms with Gasteiger partial charge in [-0.2, -0.15) is 0 Å². The van der Waals surface area contributed by atoms with Crippen LogP contribution in [0.5, 0.6) is 5.88 Å². The van der Waals surface area contributed by atoms with E-state index in [4.69, 9.17) is 16.3 Å². The lowest BCUT2D eigenvalue weighted by Crippen LogP contribution is -2.13. The van der Waals surface area contributed by atoms with Crippen LogP contribution in [0.1, 0.15) is 15.9 Å². The maximum absolute atomic E-state index is 12.0. The predicted molar refractivity (Wildman–Crippen MR) is 74.9 cm³/mol. The number of rotatable bonds is 3. The van der Waals surface area contributed by atoms with E-state index >= 15 is 0 Å². The van der Waals surface area contributed by atoms with Crippen molar-refractivity contribution in [3.8, 4) is 5.88 Å². The third kappa shape index (κ3) is 3.03. The first-order valence-corrected chi connectivity index (χ1v) is 6.06. The predicted octanol–water partition coefficient (Wildman–Crippen LogP) is 3.30. The number of halogens is 1. The summed E-state index contributed by atoms with van der Waals surface area (Å²) in [5.74, 6) is 0.232.